The molecule has 0 aliphatic rings. The van der Waals surface area contributed by atoms with Gasteiger partial charge in [-0.1, -0.05) is 0 Å². The molecule has 0 fully saturated rings. The maximum atomic E-state index is 12.1. The molecule has 6 heteroatoms. The van der Waals surface area contributed by atoms with Gasteiger partial charge in [0.15, 0.2) is 0 Å². The molecule has 0 bridgehead atoms. The van der Waals surface area contributed by atoms with Crippen molar-refractivity contribution in [2.45, 2.75) is 19.4 Å². The minimum absolute atomic E-state index is 0.267. The van der Waals surface area contributed by atoms with E-state index in [0.29, 0.717) is 34.5 Å². The van der Waals surface area contributed by atoms with E-state index in [1.807, 2.05) is 0 Å². The largest absolute Gasteiger partial charge is 0.497 e. The monoisotopic (exact) mass is 331 g/mol. The molecule has 0 spiro atoms. The van der Waals surface area contributed by atoms with Gasteiger partial charge in [-0.2, -0.15) is 0 Å². The Balaban J connectivity index is 2.90. The van der Waals surface area contributed by atoms with Gasteiger partial charge in [-0.25, -0.2) is 0 Å². The lowest BCUT2D eigenvalue weighted by molar-refractivity contribution is 0.0942. The van der Waals surface area contributed by atoms with Crippen molar-refractivity contribution in [3.05, 3.63) is 22.2 Å². The third-order valence-corrected chi connectivity index (χ3v) is 3.14. The molecule has 1 amide bonds. The van der Waals surface area contributed by atoms with E-state index in [1.54, 1.807) is 19.1 Å². The second-order valence-electron chi connectivity index (χ2n) is 4.08. The van der Waals surface area contributed by atoms with Crippen LogP contribution in [0.5, 0.6) is 11.5 Å². The van der Waals surface area contributed by atoms with Gasteiger partial charge in [-0.3, -0.25) is 4.79 Å². The van der Waals surface area contributed by atoms with Gasteiger partial charge in [0.2, 0.25) is 0 Å². The number of hydrogen-bond donors (Lipinski definition) is 2. The first kappa shape index (κ1) is 15.8. The van der Waals surface area contributed by atoms with Gasteiger partial charge in [0.25, 0.3) is 5.91 Å². The van der Waals surface area contributed by atoms with Crippen LogP contribution in [-0.2, 0) is 0 Å². The van der Waals surface area contributed by atoms with Gasteiger partial charge in [0.05, 0.1) is 30.4 Å². The molecule has 1 aromatic carbocycles. The highest BCUT2D eigenvalue weighted by atomic mass is 79.9. The summed E-state index contributed by atoms with van der Waals surface area (Å²) in [7, 11) is 3.03. The number of carbonyl (C=O) groups excluding carboxylic acids is 1. The fraction of sp³-hybridized carbons (Fsp3) is 0.462. The summed E-state index contributed by atoms with van der Waals surface area (Å²) in [5.74, 6) is 0.751. The number of amides is 1. The number of methoxy groups -OCH3 is 2. The minimum Gasteiger partial charge on any atom is -0.497 e. The first-order valence-corrected chi connectivity index (χ1v) is 6.66. The number of nitrogens with one attached hydrogen (secondary N) is 1. The molecule has 1 aromatic rings. The Labute approximate surface area is 121 Å². The topological polar surface area (TPSA) is 67.8 Å². The van der Waals surface area contributed by atoms with Gasteiger partial charge in [-0.15, -0.1) is 0 Å². The highest BCUT2D eigenvalue weighted by Crippen LogP contribution is 2.33. The molecule has 106 valence electrons. The molecule has 2 N–H and O–H groups in total. The molecular formula is C13H18BrNO4. The van der Waals surface area contributed by atoms with Crippen LogP contribution in [-0.4, -0.2) is 37.9 Å². The van der Waals surface area contributed by atoms with Crippen molar-refractivity contribution in [2.75, 3.05) is 20.8 Å². The molecule has 0 aromatic heterocycles. The van der Waals surface area contributed by atoms with Gasteiger partial charge in [-0.05, 0) is 41.4 Å². The van der Waals surface area contributed by atoms with Crippen molar-refractivity contribution in [2.24, 2.45) is 0 Å². The average molecular weight is 332 g/mol. The van der Waals surface area contributed by atoms with E-state index in [-0.39, 0.29) is 5.91 Å². The molecule has 0 aliphatic heterocycles. The lowest BCUT2D eigenvalue weighted by Gasteiger charge is -2.13. The van der Waals surface area contributed by atoms with Crippen LogP contribution in [0.15, 0.2) is 16.6 Å². The molecule has 0 radical (unpaired) electrons. The molecule has 1 atom stereocenters. The highest BCUT2D eigenvalue weighted by molar-refractivity contribution is 9.10. The molecule has 0 aliphatic carbocycles. The molecule has 1 unspecified atom stereocenters. The van der Waals surface area contributed by atoms with Crippen molar-refractivity contribution < 1.29 is 19.4 Å². The third kappa shape index (κ3) is 4.40. The molecule has 0 saturated heterocycles. The average Bonchev–Trinajstić information content (AvgIpc) is 2.37. The van der Waals surface area contributed by atoms with E-state index in [1.165, 1.54) is 14.2 Å². The summed E-state index contributed by atoms with van der Waals surface area (Å²) in [6, 6.07) is 3.34. The number of benzene rings is 1. The normalized spacial score (nSPS) is 11.8. The Hall–Kier alpha value is -1.27. The molecule has 19 heavy (non-hydrogen) atoms. The summed E-state index contributed by atoms with van der Waals surface area (Å²) in [6.07, 6.45) is 0.0541. The Morgan fingerprint density at radius 2 is 2.11 bits per heavy atom. The first-order valence-electron chi connectivity index (χ1n) is 5.87. The summed E-state index contributed by atoms with van der Waals surface area (Å²) in [5, 5.41) is 11.9. The zero-order chi connectivity index (χ0) is 14.4. The van der Waals surface area contributed by atoms with Crippen molar-refractivity contribution in [1.82, 2.24) is 5.32 Å². The minimum atomic E-state index is -0.445. The zero-order valence-corrected chi connectivity index (χ0v) is 12.8. The van der Waals surface area contributed by atoms with Gasteiger partial charge < -0.3 is 19.9 Å². The van der Waals surface area contributed by atoms with E-state index in [2.05, 4.69) is 21.2 Å². The van der Waals surface area contributed by atoms with E-state index in [4.69, 9.17) is 14.6 Å². The molecular weight excluding hydrogens is 314 g/mol. The number of aliphatic hydroxyl groups is 1. The second-order valence-corrected chi connectivity index (χ2v) is 4.94. The van der Waals surface area contributed by atoms with E-state index >= 15 is 0 Å². The second kappa shape index (κ2) is 7.35. The van der Waals surface area contributed by atoms with Crippen molar-refractivity contribution in [1.29, 1.82) is 0 Å². The Morgan fingerprint density at radius 1 is 1.42 bits per heavy atom. The Bertz CT molecular complexity index is 449. The van der Waals surface area contributed by atoms with Crippen molar-refractivity contribution in [3.8, 4) is 11.5 Å². The predicted octanol–water partition coefficient (Wildman–Crippen LogP) is 1.97. The smallest absolute Gasteiger partial charge is 0.255 e. The number of carbonyl (C=O) groups is 1. The van der Waals surface area contributed by atoms with Gasteiger partial charge >= 0.3 is 0 Å². The number of rotatable bonds is 6. The van der Waals surface area contributed by atoms with E-state index < -0.39 is 6.10 Å². The van der Waals surface area contributed by atoms with Gasteiger partial charge in [0, 0.05) is 6.54 Å². The fourth-order valence-electron chi connectivity index (χ4n) is 1.55. The summed E-state index contributed by atoms with van der Waals surface area (Å²) >= 11 is 3.33. The first-order chi connectivity index (χ1) is 8.99. The van der Waals surface area contributed by atoms with Crippen molar-refractivity contribution >= 4 is 21.8 Å². The van der Waals surface area contributed by atoms with Crippen LogP contribution in [0.2, 0.25) is 0 Å². The summed E-state index contributed by atoms with van der Waals surface area (Å²) < 4.78 is 11.0. The van der Waals surface area contributed by atoms with Crippen molar-refractivity contribution in [3.63, 3.8) is 0 Å². The van der Waals surface area contributed by atoms with Crippen LogP contribution in [0.1, 0.15) is 23.7 Å². The lowest BCUT2D eigenvalue weighted by atomic mass is 10.1. The summed E-state index contributed by atoms with van der Waals surface area (Å²) in [4.78, 5) is 12.1. The predicted molar refractivity (Wildman–Crippen MR) is 75.9 cm³/mol. The number of halogens is 1. The van der Waals surface area contributed by atoms with E-state index in [9.17, 15) is 4.79 Å². The van der Waals surface area contributed by atoms with Crippen LogP contribution in [0.3, 0.4) is 0 Å². The fourth-order valence-corrected chi connectivity index (χ4v) is 2.15. The van der Waals surface area contributed by atoms with Crippen LogP contribution in [0, 0.1) is 0 Å². The molecule has 5 nitrogen and oxygen atoms in total. The molecule has 0 heterocycles. The van der Waals surface area contributed by atoms with Gasteiger partial charge in [0.1, 0.15) is 11.5 Å². The third-order valence-electron chi connectivity index (χ3n) is 2.55. The number of aliphatic hydroxyl groups excluding tert-OH is 1. The van der Waals surface area contributed by atoms with Crippen LogP contribution >= 0.6 is 15.9 Å². The van der Waals surface area contributed by atoms with Crippen LogP contribution in [0.25, 0.3) is 0 Å². The lowest BCUT2D eigenvalue weighted by Crippen LogP contribution is -2.27. The van der Waals surface area contributed by atoms with Crippen LogP contribution < -0.4 is 14.8 Å². The maximum absolute atomic E-state index is 12.1. The number of ether oxygens (including phenoxy) is 2. The van der Waals surface area contributed by atoms with Crippen LogP contribution in [0.4, 0.5) is 0 Å². The SMILES string of the molecule is COc1cc(Br)c(OC)c(C(=O)NCCC(C)O)c1. The summed E-state index contributed by atoms with van der Waals surface area (Å²) in [6.45, 7) is 2.07. The highest BCUT2D eigenvalue weighted by Gasteiger charge is 2.17. The number of hydrogen-bond acceptors (Lipinski definition) is 4. The molecule has 0 saturated carbocycles. The quantitative estimate of drug-likeness (QED) is 0.836. The molecule has 1 rings (SSSR count). The Kier molecular flexibility index (Phi) is 6.11. The summed E-state index contributed by atoms with van der Waals surface area (Å²) in [5.41, 5.74) is 0.388. The standard InChI is InChI=1S/C13H18BrNO4/c1-8(16)4-5-15-13(17)10-6-9(18-2)7-11(14)12(10)19-3/h6-8,16H,4-5H2,1-3H3,(H,15,17). The van der Waals surface area contributed by atoms with E-state index in [0.717, 1.165) is 0 Å². The zero-order valence-electron chi connectivity index (χ0n) is 11.2. The maximum Gasteiger partial charge on any atom is 0.255 e. The Morgan fingerprint density at radius 3 is 2.63 bits per heavy atom.